The maximum atomic E-state index is 12.1. The van der Waals surface area contributed by atoms with E-state index in [2.05, 4.69) is 34.6 Å². The van der Waals surface area contributed by atoms with Crippen LogP contribution in [0.2, 0.25) is 0 Å². The Morgan fingerprint density at radius 3 is 2.05 bits per heavy atom. The van der Waals surface area contributed by atoms with Gasteiger partial charge in [0.15, 0.2) is 0 Å². The van der Waals surface area contributed by atoms with Crippen LogP contribution in [-0.2, 0) is 4.79 Å². The van der Waals surface area contributed by atoms with E-state index >= 15 is 0 Å². The molecular formula is C15H33ClN2O. The summed E-state index contributed by atoms with van der Waals surface area (Å²) in [7, 11) is 1.89. The molecule has 0 aromatic rings. The molecule has 1 amide bonds. The van der Waals surface area contributed by atoms with Crippen molar-refractivity contribution >= 4 is 18.3 Å². The zero-order valence-corrected chi connectivity index (χ0v) is 14.3. The second kappa shape index (κ2) is 10.5. The average molecular weight is 293 g/mol. The third-order valence-electron chi connectivity index (χ3n) is 3.98. The molecular weight excluding hydrogens is 260 g/mol. The fourth-order valence-corrected chi connectivity index (χ4v) is 2.03. The standard InChI is InChI=1S/C15H32N2O.ClH/c1-7-13(11(2)3)10-15(18)17(6)9-8-14(16)12(4)5;/h11-14H,7-10,16H2,1-6H3;1H. The fourth-order valence-electron chi connectivity index (χ4n) is 2.03. The summed E-state index contributed by atoms with van der Waals surface area (Å²) in [4.78, 5) is 13.9. The molecule has 0 radical (unpaired) electrons. The highest BCUT2D eigenvalue weighted by molar-refractivity contribution is 5.85. The number of hydrogen-bond acceptors (Lipinski definition) is 2. The van der Waals surface area contributed by atoms with E-state index in [9.17, 15) is 4.79 Å². The summed E-state index contributed by atoms with van der Waals surface area (Å²) in [6.07, 6.45) is 2.63. The number of halogens is 1. The Morgan fingerprint density at radius 1 is 1.16 bits per heavy atom. The highest BCUT2D eigenvalue weighted by Gasteiger charge is 2.19. The second-order valence-corrected chi connectivity index (χ2v) is 6.13. The minimum Gasteiger partial charge on any atom is -0.346 e. The van der Waals surface area contributed by atoms with Crippen molar-refractivity contribution in [3.05, 3.63) is 0 Å². The molecule has 0 saturated carbocycles. The molecule has 4 heteroatoms. The van der Waals surface area contributed by atoms with Crippen LogP contribution < -0.4 is 5.73 Å². The number of carbonyl (C=O) groups is 1. The third kappa shape index (κ3) is 8.48. The minimum atomic E-state index is 0. The fraction of sp³-hybridized carbons (Fsp3) is 0.933. The summed E-state index contributed by atoms with van der Waals surface area (Å²) < 4.78 is 0. The van der Waals surface area contributed by atoms with Crippen molar-refractivity contribution in [1.29, 1.82) is 0 Å². The van der Waals surface area contributed by atoms with E-state index in [1.54, 1.807) is 0 Å². The van der Waals surface area contributed by atoms with Crippen molar-refractivity contribution in [1.82, 2.24) is 4.90 Å². The maximum absolute atomic E-state index is 12.1. The third-order valence-corrected chi connectivity index (χ3v) is 3.98. The molecule has 0 aliphatic heterocycles. The lowest BCUT2D eigenvalue weighted by Crippen LogP contribution is -2.35. The molecule has 19 heavy (non-hydrogen) atoms. The quantitative estimate of drug-likeness (QED) is 0.746. The maximum Gasteiger partial charge on any atom is 0.222 e. The van der Waals surface area contributed by atoms with Gasteiger partial charge >= 0.3 is 0 Å². The summed E-state index contributed by atoms with van der Waals surface area (Å²) >= 11 is 0. The van der Waals surface area contributed by atoms with Crippen molar-refractivity contribution in [2.45, 2.75) is 59.9 Å². The average Bonchev–Trinajstić information content (AvgIpc) is 2.31. The molecule has 0 heterocycles. The molecule has 0 fully saturated rings. The SMILES string of the molecule is CCC(CC(=O)N(C)CCC(N)C(C)C)C(C)C.Cl. The van der Waals surface area contributed by atoms with Crippen LogP contribution in [0.25, 0.3) is 0 Å². The monoisotopic (exact) mass is 292 g/mol. The van der Waals surface area contributed by atoms with Crippen LogP contribution in [0.15, 0.2) is 0 Å². The van der Waals surface area contributed by atoms with Crippen LogP contribution in [0.4, 0.5) is 0 Å². The normalized spacial score (nSPS) is 14.2. The van der Waals surface area contributed by atoms with Gasteiger partial charge in [0.05, 0.1) is 0 Å². The van der Waals surface area contributed by atoms with Crippen LogP contribution in [0.5, 0.6) is 0 Å². The lowest BCUT2D eigenvalue weighted by atomic mass is 9.89. The zero-order valence-electron chi connectivity index (χ0n) is 13.5. The molecule has 116 valence electrons. The van der Waals surface area contributed by atoms with Crippen LogP contribution >= 0.6 is 12.4 Å². The van der Waals surface area contributed by atoms with Crippen LogP contribution in [0.1, 0.15) is 53.9 Å². The summed E-state index contributed by atoms with van der Waals surface area (Å²) in [5.74, 6) is 1.81. The van der Waals surface area contributed by atoms with Gasteiger partial charge < -0.3 is 10.6 Å². The molecule has 3 nitrogen and oxygen atoms in total. The first-order chi connectivity index (χ1) is 8.29. The van der Waals surface area contributed by atoms with E-state index in [0.29, 0.717) is 24.2 Å². The molecule has 2 unspecified atom stereocenters. The predicted molar refractivity (Wildman–Crippen MR) is 85.6 cm³/mol. The van der Waals surface area contributed by atoms with E-state index in [4.69, 9.17) is 5.73 Å². The van der Waals surface area contributed by atoms with E-state index in [1.807, 2.05) is 11.9 Å². The van der Waals surface area contributed by atoms with Crippen molar-refractivity contribution in [2.75, 3.05) is 13.6 Å². The van der Waals surface area contributed by atoms with Crippen molar-refractivity contribution < 1.29 is 4.79 Å². The van der Waals surface area contributed by atoms with Gasteiger partial charge in [-0.25, -0.2) is 0 Å². The number of nitrogens with two attached hydrogens (primary N) is 1. The zero-order chi connectivity index (χ0) is 14.3. The lowest BCUT2D eigenvalue weighted by molar-refractivity contribution is -0.131. The molecule has 0 aliphatic rings. The molecule has 0 aromatic heterocycles. The first kappa shape index (κ1) is 21.0. The van der Waals surface area contributed by atoms with Crippen LogP contribution in [0.3, 0.4) is 0 Å². The molecule has 0 saturated heterocycles. The molecule has 0 bridgehead atoms. The van der Waals surface area contributed by atoms with Gasteiger partial charge in [0.2, 0.25) is 5.91 Å². The van der Waals surface area contributed by atoms with Gasteiger partial charge in [0, 0.05) is 26.1 Å². The number of amides is 1. The van der Waals surface area contributed by atoms with E-state index in [1.165, 1.54) is 0 Å². The van der Waals surface area contributed by atoms with Crippen LogP contribution in [-0.4, -0.2) is 30.4 Å². The molecule has 0 spiro atoms. The number of carbonyl (C=O) groups excluding carboxylic acids is 1. The topological polar surface area (TPSA) is 46.3 Å². The molecule has 2 N–H and O–H groups in total. The lowest BCUT2D eigenvalue weighted by Gasteiger charge is -2.25. The number of rotatable bonds is 8. The highest BCUT2D eigenvalue weighted by Crippen LogP contribution is 2.19. The Morgan fingerprint density at radius 2 is 1.68 bits per heavy atom. The second-order valence-electron chi connectivity index (χ2n) is 6.13. The van der Waals surface area contributed by atoms with E-state index < -0.39 is 0 Å². The Labute approximate surface area is 125 Å². The molecule has 2 atom stereocenters. The summed E-state index contributed by atoms with van der Waals surface area (Å²) in [6, 6.07) is 0.187. The summed E-state index contributed by atoms with van der Waals surface area (Å²) in [5.41, 5.74) is 6.00. The Bertz CT molecular complexity index is 244. The van der Waals surface area contributed by atoms with Gasteiger partial charge in [-0.15, -0.1) is 12.4 Å². The van der Waals surface area contributed by atoms with Gasteiger partial charge in [0.25, 0.3) is 0 Å². The minimum absolute atomic E-state index is 0. The number of hydrogen-bond donors (Lipinski definition) is 1. The van der Waals surface area contributed by atoms with Gasteiger partial charge in [-0.05, 0) is 24.2 Å². The van der Waals surface area contributed by atoms with Gasteiger partial charge in [-0.2, -0.15) is 0 Å². The smallest absolute Gasteiger partial charge is 0.222 e. The summed E-state index contributed by atoms with van der Waals surface area (Å²) in [6.45, 7) is 11.6. The first-order valence-electron chi connectivity index (χ1n) is 7.29. The van der Waals surface area contributed by atoms with Gasteiger partial charge in [-0.3, -0.25) is 4.79 Å². The highest BCUT2D eigenvalue weighted by atomic mass is 35.5. The van der Waals surface area contributed by atoms with E-state index in [0.717, 1.165) is 19.4 Å². The predicted octanol–water partition coefficient (Wildman–Crippen LogP) is 3.31. The Hall–Kier alpha value is -0.280. The molecule has 0 rings (SSSR count). The first-order valence-corrected chi connectivity index (χ1v) is 7.29. The van der Waals surface area contributed by atoms with E-state index in [-0.39, 0.29) is 24.4 Å². The van der Waals surface area contributed by atoms with Gasteiger partial charge in [0.1, 0.15) is 0 Å². The van der Waals surface area contributed by atoms with Crippen molar-refractivity contribution in [3.63, 3.8) is 0 Å². The summed E-state index contributed by atoms with van der Waals surface area (Å²) in [5, 5.41) is 0. The molecule has 0 aliphatic carbocycles. The Kier molecular flexibility index (Phi) is 11.6. The van der Waals surface area contributed by atoms with Crippen molar-refractivity contribution in [2.24, 2.45) is 23.5 Å². The largest absolute Gasteiger partial charge is 0.346 e. The van der Waals surface area contributed by atoms with Crippen molar-refractivity contribution in [3.8, 4) is 0 Å². The van der Waals surface area contributed by atoms with Crippen LogP contribution in [0, 0.1) is 17.8 Å². The van der Waals surface area contributed by atoms with Gasteiger partial charge in [-0.1, -0.05) is 41.0 Å². The number of nitrogens with zero attached hydrogens (tertiary/aromatic N) is 1. The molecule has 0 aromatic carbocycles. The Balaban J connectivity index is 0.